The lowest BCUT2D eigenvalue weighted by molar-refractivity contribution is 0.375. The van der Waals surface area contributed by atoms with Crippen LogP contribution in [0, 0.1) is 23.4 Å². The van der Waals surface area contributed by atoms with Gasteiger partial charge in [0.2, 0.25) is 0 Å². The van der Waals surface area contributed by atoms with E-state index in [-0.39, 0.29) is 11.4 Å². The Hall–Kier alpha value is -2.81. The quantitative estimate of drug-likeness (QED) is 0.224. The molecular formula is C32H35F3. The topological polar surface area (TPSA) is 0 Å². The van der Waals surface area contributed by atoms with Crippen LogP contribution in [-0.2, 0) is 6.42 Å². The minimum atomic E-state index is -0.813. The smallest absolute Gasteiger partial charge is 0.166 e. The molecule has 0 atom stereocenters. The molecule has 0 amide bonds. The summed E-state index contributed by atoms with van der Waals surface area (Å²) >= 11 is 0. The average Bonchev–Trinajstić information content (AvgIpc) is 2.88. The number of allylic oxidation sites excluding steroid dienone is 2. The van der Waals surface area contributed by atoms with Crippen molar-refractivity contribution in [3.63, 3.8) is 0 Å². The first-order valence-corrected chi connectivity index (χ1v) is 13.0. The van der Waals surface area contributed by atoms with E-state index >= 15 is 4.39 Å². The third-order valence-electron chi connectivity index (χ3n) is 7.42. The Balaban J connectivity index is 1.49. The third-order valence-corrected chi connectivity index (χ3v) is 7.42. The molecule has 3 heteroatoms. The van der Waals surface area contributed by atoms with Gasteiger partial charge < -0.3 is 0 Å². The van der Waals surface area contributed by atoms with Gasteiger partial charge in [0.1, 0.15) is 5.82 Å². The van der Waals surface area contributed by atoms with Gasteiger partial charge in [0.15, 0.2) is 11.6 Å². The lowest BCUT2D eigenvalue weighted by atomic mass is 9.78. The van der Waals surface area contributed by atoms with Gasteiger partial charge in [-0.2, -0.15) is 0 Å². The molecule has 0 aliphatic heterocycles. The minimum absolute atomic E-state index is 0.234. The molecule has 3 aromatic rings. The maximum absolute atomic E-state index is 15.1. The average molecular weight is 477 g/mol. The van der Waals surface area contributed by atoms with E-state index in [1.807, 2.05) is 12.1 Å². The van der Waals surface area contributed by atoms with Crippen LogP contribution in [0.4, 0.5) is 13.2 Å². The molecule has 1 fully saturated rings. The fourth-order valence-electron chi connectivity index (χ4n) is 5.34. The molecule has 0 spiro atoms. The van der Waals surface area contributed by atoms with Crippen molar-refractivity contribution >= 4 is 0 Å². The molecule has 0 unspecified atom stereocenters. The van der Waals surface area contributed by atoms with Crippen LogP contribution in [0.25, 0.3) is 22.3 Å². The first-order chi connectivity index (χ1) is 17.0. The first-order valence-electron chi connectivity index (χ1n) is 13.0. The normalized spacial score (nSPS) is 18.3. The van der Waals surface area contributed by atoms with E-state index in [2.05, 4.69) is 26.0 Å². The Morgan fingerprint density at radius 2 is 1.43 bits per heavy atom. The molecule has 0 saturated heterocycles. The van der Waals surface area contributed by atoms with Gasteiger partial charge in [0.25, 0.3) is 0 Å². The second kappa shape index (κ2) is 11.7. The molecule has 1 aliphatic carbocycles. The molecule has 0 aromatic heterocycles. The summed E-state index contributed by atoms with van der Waals surface area (Å²) < 4.78 is 44.5. The Morgan fingerprint density at radius 1 is 0.771 bits per heavy atom. The Labute approximate surface area is 207 Å². The van der Waals surface area contributed by atoms with Crippen LogP contribution in [0.1, 0.15) is 75.8 Å². The fourth-order valence-corrected chi connectivity index (χ4v) is 5.34. The molecule has 35 heavy (non-hydrogen) atoms. The number of hydrogen-bond donors (Lipinski definition) is 0. The number of halogens is 3. The Morgan fingerprint density at radius 3 is 2.06 bits per heavy atom. The van der Waals surface area contributed by atoms with Crippen molar-refractivity contribution < 1.29 is 13.2 Å². The SMILES string of the molecule is C/C=C/C1CCC(c2ccc(-c3ccc(-c4ccc(CCCCC)c(F)c4F)cc3)c(F)c2)CC1. The Kier molecular flexibility index (Phi) is 8.49. The number of rotatable bonds is 8. The molecule has 4 rings (SSSR count). The van der Waals surface area contributed by atoms with E-state index < -0.39 is 11.6 Å². The second-order valence-electron chi connectivity index (χ2n) is 9.81. The van der Waals surface area contributed by atoms with Crippen molar-refractivity contribution in [2.24, 2.45) is 5.92 Å². The van der Waals surface area contributed by atoms with Crippen molar-refractivity contribution in [2.75, 3.05) is 0 Å². The number of hydrogen-bond acceptors (Lipinski definition) is 0. The number of aryl methyl sites for hydroxylation is 1. The third kappa shape index (κ3) is 5.89. The lowest BCUT2D eigenvalue weighted by Crippen LogP contribution is -2.12. The van der Waals surface area contributed by atoms with E-state index in [9.17, 15) is 8.78 Å². The summed E-state index contributed by atoms with van der Waals surface area (Å²) in [6, 6.07) is 15.9. The monoisotopic (exact) mass is 476 g/mol. The van der Waals surface area contributed by atoms with Gasteiger partial charge in [0.05, 0.1) is 0 Å². The number of unbranched alkanes of at least 4 members (excludes halogenated alkanes) is 2. The first kappa shape index (κ1) is 25.3. The molecule has 1 saturated carbocycles. The van der Waals surface area contributed by atoms with Gasteiger partial charge in [0, 0.05) is 11.1 Å². The van der Waals surface area contributed by atoms with Crippen LogP contribution in [0.2, 0.25) is 0 Å². The zero-order valence-electron chi connectivity index (χ0n) is 20.8. The maximum Gasteiger partial charge on any atom is 0.166 e. The van der Waals surface area contributed by atoms with Crippen LogP contribution in [0.15, 0.2) is 66.7 Å². The van der Waals surface area contributed by atoms with Crippen LogP contribution < -0.4 is 0 Å². The zero-order valence-corrected chi connectivity index (χ0v) is 20.8. The molecule has 3 aromatic carbocycles. The fraction of sp³-hybridized carbons (Fsp3) is 0.375. The van der Waals surface area contributed by atoms with Crippen LogP contribution in [0.3, 0.4) is 0 Å². The van der Waals surface area contributed by atoms with Gasteiger partial charge in [-0.15, -0.1) is 0 Å². The van der Waals surface area contributed by atoms with Crippen LogP contribution in [-0.4, -0.2) is 0 Å². The summed E-state index contributed by atoms with van der Waals surface area (Å²) in [5.74, 6) is -0.755. The summed E-state index contributed by atoms with van der Waals surface area (Å²) in [5.41, 5.74) is 3.57. The van der Waals surface area contributed by atoms with Crippen LogP contribution in [0.5, 0.6) is 0 Å². The maximum atomic E-state index is 15.1. The summed E-state index contributed by atoms with van der Waals surface area (Å²) in [6.07, 6.45) is 12.3. The second-order valence-corrected chi connectivity index (χ2v) is 9.81. The molecule has 184 valence electrons. The summed E-state index contributed by atoms with van der Waals surface area (Å²) in [5, 5.41) is 0. The largest absolute Gasteiger partial charge is 0.206 e. The number of benzene rings is 3. The lowest BCUT2D eigenvalue weighted by Gasteiger charge is -2.27. The molecule has 1 aliphatic rings. The predicted molar refractivity (Wildman–Crippen MR) is 140 cm³/mol. The highest BCUT2D eigenvalue weighted by Gasteiger charge is 2.22. The molecule has 0 N–H and O–H groups in total. The minimum Gasteiger partial charge on any atom is -0.206 e. The molecule has 0 bridgehead atoms. The zero-order chi connectivity index (χ0) is 24.8. The Bertz CT molecular complexity index is 1150. The van der Waals surface area contributed by atoms with Gasteiger partial charge >= 0.3 is 0 Å². The van der Waals surface area contributed by atoms with Crippen molar-refractivity contribution in [2.45, 2.75) is 71.1 Å². The summed E-state index contributed by atoms with van der Waals surface area (Å²) in [6.45, 7) is 4.15. The standard InChI is InChI=1S/C32H35F3/c1-3-5-6-8-26-17-20-29(32(35)31(26)34)25-15-13-24(14-16-25)28-19-18-27(21-30(28)33)23-11-9-22(7-4-2)10-12-23/h4,7,13-23H,3,5-6,8-12H2,1-2H3/b7-4+. The summed E-state index contributed by atoms with van der Waals surface area (Å²) in [4.78, 5) is 0. The predicted octanol–water partition coefficient (Wildman–Crippen LogP) is 10.0. The van der Waals surface area contributed by atoms with Crippen molar-refractivity contribution in [3.8, 4) is 22.3 Å². The van der Waals surface area contributed by atoms with E-state index in [1.165, 1.54) is 0 Å². The summed E-state index contributed by atoms with van der Waals surface area (Å²) in [7, 11) is 0. The van der Waals surface area contributed by atoms with E-state index in [4.69, 9.17) is 0 Å². The van der Waals surface area contributed by atoms with E-state index in [0.717, 1.165) is 56.1 Å². The van der Waals surface area contributed by atoms with Gasteiger partial charge in [-0.05, 0) is 85.6 Å². The van der Waals surface area contributed by atoms with E-state index in [0.29, 0.717) is 34.9 Å². The molecular weight excluding hydrogens is 441 g/mol. The van der Waals surface area contributed by atoms with Gasteiger partial charge in [-0.1, -0.05) is 80.4 Å². The molecule has 0 heterocycles. The van der Waals surface area contributed by atoms with Gasteiger partial charge in [-0.25, -0.2) is 13.2 Å². The highest BCUT2D eigenvalue weighted by atomic mass is 19.2. The van der Waals surface area contributed by atoms with Crippen molar-refractivity contribution in [3.05, 3.63) is 95.3 Å². The highest BCUT2D eigenvalue weighted by molar-refractivity contribution is 5.71. The highest BCUT2D eigenvalue weighted by Crippen LogP contribution is 2.38. The van der Waals surface area contributed by atoms with Crippen LogP contribution >= 0.6 is 0 Å². The van der Waals surface area contributed by atoms with E-state index in [1.54, 1.807) is 42.5 Å². The van der Waals surface area contributed by atoms with Crippen molar-refractivity contribution in [1.82, 2.24) is 0 Å². The molecule has 0 nitrogen and oxygen atoms in total. The van der Waals surface area contributed by atoms with Crippen molar-refractivity contribution in [1.29, 1.82) is 0 Å². The van der Waals surface area contributed by atoms with Gasteiger partial charge in [-0.3, -0.25) is 0 Å². The molecule has 0 radical (unpaired) electrons.